The first kappa shape index (κ1) is 14.6. The lowest BCUT2D eigenvalue weighted by molar-refractivity contribution is 0.354. The van der Waals surface area contributed by atoms with Gasteiger partial charge in [-0.15, -0.1) is 0 Å². The summed E-state index contributed by atoms with van der Waals surface area (Å²) in [6.07, 6.45) is 8.33. The van der Waals surface area contributed by atoms with E-state index in [-0.39, 0.29) is 0 Å². The van der Waals surface area contributed by atoms with Crippen molar-refractivity contribution >= 4 is 11.7 Å². The van der Waals surface area contributed by atoms with E-state index in [4.69, 9.17) is 0 Å². The second-order valence-corrected chi connectivity index (χ2v) is 5.15. The first-order chi connectivity index (χ1) is 8.31. The van der Waals surface area contributed by atoms with Crippen LogP contribution in [0.4, 0.5) is 0 Å². The van der Waals surface area contributed by atoms with Crippen LogP contribution in [0.2, 0.25) is 0 Å². The van der Waals surface area contributed by atoms with Crippen molar-refractivity contribution in [3.8, 4) is 0 Å². The molecule has 0 saturated carbocycles. The zero-order valence-corrected chi connectivity index (χ0v) is 12.1. The Kier molecular flexibility index (Phi) is 7.37. The molecular formula is C13H25N3S. The van der Waals surface area contributed by atoms with Gasteiger partial charge in [-0.05, 0) is 18.9 Å². The largest absolute Gasteiger partial charge is 0.309 e. The Hall–Kier alpha value is -0.480. The van der Waals surface area contributed by atoms with Crippen LogP contribution < -0.4 is 5.32 Å². The number of hydrogen-bond donors (Lipinski definition) is 1. The maximum atomic E-state index is 4.37. The molecule has 1 aromatic heterocycles. The fraction of sp³-hybridized carbons (Fsp3) is 0.846. The highest BCUT2D eigenvalue weighted by molar-refractivity contribution is 6.99. The highest BCUT2D eigenvalue weighted by Gasteiger charge is 2.18. The molecule has 4 heteroatoms. The van der Waals surface area contributed by atoms with Gasteiger partial charge in [-0.2, -0.15) is 8.75 Å². The molecule has 1 rings (SSSR count). The molecule has 0 aliphatic carbocycles. The zero-order valence-electron chi connectivity index (χ0n) is 11.3. The fourth-order valence-electron chi connectivity index (χ4n) is 2.20. The van der Waals surface area contributed by atoms with E-state index in [1.807, 2.05) is 6.20 Å². The molecule has 0 aliphatic rings. The predicted octanol–water partition coefficient (Wildman–Crippen LogP) is 3.80. The van der Waals surface area contributed by atoms with Crippen LogP contribution in [-0.4, -0.2) is 15.3 Å². The lowest BCUT2D eigenvalue weighted by Crippen LogP contribution is -2.23. The normalized spacial score (nSPS) is 14.8. The van der Waals surface area contributed by atoms with Crippen molar-refractivity contribution in [3.63, 3.8) is 0 Å². The summed E-state index contributed by atoms with van der Waals surface area (Å²) in [5.74, 6) is 0.806. The van der Waals surface area contributed by atoms with Crippen molar-refractivity contribution in [3.05, 3.63) is 11.9 Å². The van der Waals surface area contributed by atoms with E-state index in [2.05, 4.69) is 34.8 Å². The van der Waals surface area contributed by atoms with Gasteiger partial charge in [0.1, 0.15) is 0 Å². The Balaban J connectivity index is 2.52. The summed E-state index contributed by atoms with van der Waals surface area (Å²) in [6.45, 7) is 7.70. The summed E-state index contributed by atoms with van der Waals surface area (Å²) in [5.41, 5.74) is 1.12. The summed E-state index contributed by atoms with van der Waals surface area (Å²) in [5, 5.41) is 3.53. The van der Waals surface area contributed by atoms with Crippen LogP contribution in [0.25, 0.3) is 0 Å². The fourth-order valence-corrected chi connectivity index (χ4v) is 2.67. The van der Waals surface area contributed by atoms with Crippen molar-refractivity contribution in [2.45, 2.75) is 58.9 Å². The van der Waals surface area contributed by atoms with Crippen molar-refractivity contribution in [1.29, 1.82) is 0 Å². The van der Waals surface area contributed by atoms with E-state index < -0.39 is 0 Å². The van der Waals surface area contributed by atoms with Crippen LogP contribution in [0.5, 0.6) is 0 Å². The minimum atomic E-state index is 0.389. The summed E-state index contributed by atoms with van der Waals surface area (Å²) in [6, 6.07) is 0.389. The highest BCUT2D eigenvalue weighted by atomic mass is 32.1. The summed E-state index contributed by atoms with van der Waals surface area (Å²) < 4.78 is 8.48. The van der Waals surface area contributed by atoms with Crippen molar-refractivity contribution in [2.75, 3.05) is 6.54 Å². The first-order valence-electron chi connectivity index (χ1n) is 6.82. The van der Waals surface area contributed by atoms with Crippen LogP contribution in [0.15, 0.2) is 6.20 Å². The molecule has 0 aromatic carbocycles. The second kappa shape index (κ2) is 8.59. The molecule has 0 fully saturated rings. The molecule has 1 N–H and O–H groups in total. The van der Waals surface area contributed by atoms with Gasteiger partial charge in [-0.25, -0.2) is 0 Å². The molecule has 17 heavy (non-hydrogen) atoms. The van der Waals surface area contributed by atoms with E-state index in [1.165, 1.54) is 43.8 Å². The monoisotopic (exact) mass is 255 g/mol. The van der Waals surface area contributed by atoms with Crippen LogP contribution in [0.3, 0.4) is 0 Å². The van der Waals surface area contributed by atoms with Gasteiger partial charge in [0.2, 0.25) is 0 Å². The Morgan fingerprint density at radius 2 is 2.18 bits per heavy atom. The molecule has 0 spiro atoms. The van der Waals surface area contributed by atoms with Crippen molar-refractivity contribution in [1.82, 2.24) is 14.1 Å². The topological polar surface area (TPSA) is 37.8 Å². The van der Waals surface area contributed by atoms with Gasteiger partial charge in [0, 0.05) is 0 Å². The maximum absolute atomic E-state index is 4.37. The van der Waals surface area contributed by atoms with Crippen LogP contribution >= 0.6 is 11.7 Å². The third kappa shape index (κ3) is 5.13. The first-order valence-corrected chi connectivity index (χ1v) is 7.55. The molecule has 0 aliphatic heterocycles. The van der Waals surface area contributed by atoms with E-state index >= 15 is 0 Å². The van der Waals surface area contributed by atoms with Gasteiger partial charge in [0.05, 0.1) is 29.7 Å². The number of hydrogen-bond acceptors (Lipinski definition) is 4. The van der Waals surface area contributed by atoms with E-state index in [9.17, 15) is 0 Å². The molecule has 1 heterocycles. The zero-order chi connectivity index (χ0) is 12.5. The van der Waals surface area contributed by atoms with Gasteiger partial charge >= 0.3 is 0 Å². The minimum Gasteiger partial charge on any atom is -0.309 e. The molecule has 1 aromatic rings. The Labute approximate surface area is 109 Å². The van der Waals surface area contributed by atoms with Gasteiger partial charge in [0.25, 0.3) is 0 Å². The number of nitrogens with zero attached hydrogens (tertiary/aromatic N) is 2. The highest BCUT2D eigenvalue weighted by Crippen LogP contribution is 2.25. The molecule has 0 bridgehead atoms. The average Bonchev–Trinajstić information content (AvgIpc) is 2.87. The SMILES string of the molecule is CCCCC(CC)CC(NCC)c1cnsn1. The third-order valence-electron chi connectivity index (χ3n) is 3.30. The number of aromatic nitrogens is 2. The molecule has 98 valence electrons. The number of unbranched alkanes of at least 4 members (excludes halogenated alkanes) is 1. The van der Waals surface area contributed by atoms with E-state index in [0.717, 1.165) is 18.2 Å². The number of rotatable bonds is 9. The second-order valence-electron chi connectivity index (χ2n) is 4.59. The standard InChI is InChI=1S/C13H25N3S/c1-4-7-8-11(5-2)9-12(14-6-3)13-10-15-17-16-13/h10-12,14H,4-9H2,1-3H3. The molecule has 2 unspecified atom stereocenters. The quantitative estimate of drug-likeness (QED) is 0.729. The van der Waals surface area contributed by atoms with E-state index in [1.54, 1.807) is 0 Å². The molecular weight excluding hydrogens is 230 g/mol. The lowest BCUT2D eigenvalue weighted by Gasteiger charge is -2.21. The summed E-state index contributed by atoms with van der Waals surface area (Å²) >= 11 is 1.31. The van der Waals surface area contributed by atoms with Crippen molar-refractivity contribution < 1.29 is 0 Å². The van der Waals surface area contributed by atoms with Gasteiger partial charge in [0.15, 0.2) is 0 Å². The van der Waals surface area contributed by atoms with Crippen LogP contribution in [-0.2, 0) is 0 Å². The smallest absolute Gasteiger partial charge is 0.0912 e. The van der Waals surface area contributed by atoms with Crippen LogP contribution in [0.1, 0.15) is 64.6 Å². The Bertz CT molecular complexity index is 274. The molecule has 0 amide bonds. The molecule has 0 saturated heterocycles. The molecule has 2 atom stereocenters. The lowest BCUT2D eigenvalue weighted by atomic mass is 9.91. The predicted molar refractivity (Wildman–Crippen MR) is 74.2 cm³/mol. The maximum Gasteiger partial charge on any atom is 0.0912 e. The minimum absolute atomic E-state index is 0.389. The number of nitrogens with one attached hydrogen (secondary N) is 1. The third-order valence-corrected chi connectivity index (χ3v) is 3.79. The van der Waals surface area contributed by atoms with Gasteiger partial charge in [-0.1, -0.05) is 46.5 Å². The van der Waals surface area contributed by atoms with E-state index in [0.29, 0.717) is 6.04 Å². The average molecular weight is 255 g/mol. The summed E-state index contributed by atoms with van der Waals surface area (Å²) in [4.78, 5) is 0. The van der Waals surface area contributed by atoms with Crippen LogP contribution in [0, 0.1) is 5.92 Å². The molecule has 3 nitrogen and oxygen atoms in total. The van der Waals surface area contributed by atoms with Crippen molar-refractivity contribution in [2.24, 2.45) is 5.92 Å². The summed E-state index contributed by atoms with van der Waals surface area (Å²) in [7, 11) is 0. The van der Waals surface area contributed by atoms with Gasteiger partial charge < -0.3 is 5.32 Å². The van der Waals surface area contributed by atoms with Gasteiger partial charge in [-0.3, -0.25) is 0 Å². The Morgan fingerprint density at radius 3 is 2.71 bits per heavy atom. The Morgan fingerprint density at radius 1 is 1.35 bits per heavy atom. The molecule has 0 radical (unpaired) electrons.